The highest BCUT2D eigenvalue weighted by Crippen LogP contribution is 2.20. The third-order valence-corrected chi connectivity index (χ3v) is 4.17. The number of thiophene rings is 1. The van der Waals surface area contributed by atoms with Crippen molar-refractivity contribution in [3.05, 3.63) is 68.5 Å². The number of aromatic nitrogens is 2. The van der Waals surface area contributed by atoms with Crippen LogP contribution in [0.2, 0.25) is 5.02 Å². The first-order valence-electron chi connectivity index (χ1n) is 6.05. The minimum atomic E-state index is -0.140. The molecule has 3 aromatic rings. The topological polar surface area (TPSA) is 49.8 Å². The Morgan fingerprint density at radius 2 is 2.10 bits per heavy atom. The number of aromatic amines is 1. The molecule has 0 atom stereocenters. The van der Waals surface area contributed by atoms with Crippen molar-refractivity contribution in [1.82, 2.24) is 9.55 Å². The highest BCUT2D eigenvalue weighted by Gasteiger charge is 2.01. The fourth-order valence-corrected chi connectivity index (χ4v) is 2.91. The number of H-pyrrole nitrogens is 1. The van der Waals surface area contributed by atoms with Gasteiger partial charge in [0.05, 0.1) is 10.7 Å². The zero-order chi connectivity index (χ0) is 13.9. The maximum atomic E-state index is 11.5. The number of benzene rings is 1. The molecule has 2 N–H and O–H groups in total. The normalized spacial score (nSPS) is 10.7. The van der Waals surface area contributed by atoms with E-state index in [0.29, 0.717) is 0 Å². The Bertz CT molecular complexity index is 757. The number of hydrogen-bond donors (Lipinski definition) is 2. The van der Waals surface area contributed by atoms with Gasteiger partial charge in [-0.05, 0) is 30.3 Å². The molecule has 0 spiro atoms. The van der Waals surface area contributed by atoms with Crippen LogP contribution >= 0.6 is 22.9 Å². The van der Waals surface area contributed by atoms with Gasteiger partial charge in [-0.1, -0.05) is 11.6 Å². The van der Waals surface area contributed by atoms with Crippen molar-refractivity contribution in [2.24, 2.45) is 0 Å². The van der Waals surface area contributed by atoms with Gasteiger partial charge in [0.25, 0.3) is 0 Å². The lowest BCUT2D eigenvalue weighted by Crippen LogP contribution is -2.13. The van der Waals surface area contributed by atoms with Crippen LogP contribution < -0.4 is 11.0 Å². The first-order chi connectivity index (χ1) is 9.72. The Balaban J connectivity index is 1.70. The van der Waals surface area contributed by atoms with E-state index in [1.807, 2.05) is 35.7 Å². The van der Waals surface area contributed by atoms with Crippen molar-refractivity contribution in [2.45, 2.75) is 6.54 Å². The summed E-state index contributed by atoms with van der Waals surface area (Å²) in [7, 11) is 0. The van der Waals surface area contributed by atoms with Gasteiger partial charge < -0.3 is 10.3 Å². The summed E-state index contributed by atoms with van der Waals surface area (Å²) >= 11 is 7.51. The average Bonchev–Trinajstić information content (AvgIpc) is 3.06. The lowest BCUT2D eigenvalue weighted by molar-refractivity contribution is 0.987. The highest BCUT2D eigenvalue weighted by atomic mass is 35.5. The first-order valence-corrected chi connectivity index (χ1v) is 7.31. The molecule has 0 saturated carbocycles. The third-order valence-electron chi connectivity index (χ3n) is 2.88. The Labute approximate surface area is 124 Å². The third kappa shape index (κ3) is 2.79. The molecule has 0 aliphatic carbocycles. The van der Waals surface area contributed by atoms with Crippen molar-refractivity contribution in [3.8, 4) is 5.69 Å². The van der Waals surface area contributed by atoms with E-state index in [0.717, 1.165) is 22.9 Å². The second kappa shape index (κ2) is 5.56. The molecule has 4 nitrogen and oxygen atoms in total. The molecule has 0 bridgehead atoms. The average molecular weight is 306 g/mol. The second-order valence-corrected chi connectivity index (χ2v) is 5.70. The SMILES string of the molecule is O=c1[nH]ccn1-c1ccc(NCc2cc(Cl)cs2)cc1. The highest BCUT2D eigenvalue weighted by molar-refractivity contribution is 7.10. The largest absolute Gasteiger partial charge is 0.380 e. The number of hydrogen-bond acceptors (Lipinski definition) is 3. The molecule has 0 aliphatic rings. The smallest absolute Gasteiger partial charge is 0.330 e. The molecular weight excluding hydrogens is 294 g/mol. The van der Waals surface area contributed by atoms with E-state index in [-0.39, 0.29) is 5.69 Å². The van der Waals surface area contributed by atoms with E-state index in [1.54, 1.807) is 28.3 Å². The van der Waals surface area contributed by atoms with Crippen LogP contribution in [0.25, 0.3) is 5.69 Å². The van der Waals surface area contributed by atoms with Gasteiger partial charge in [-0.25, -0.2) is 4.79 Å². The summed E-state index contributed by atoms with van der Waals surface area (Å²) in [5.74, 6) is 0. The molecule has 0 amide bonds. The predicted octanol–water partition coefficient (Wildman–Crippen LogP) is 3.49. The van der Waals surface area contributed by atoms with Crippen LogP contribution in [-0.2, 0) is 6.54 Å². The Kier molecular flexibility index (Phi) is 3.62. The maximum Gasteiger partial charge on any atom is 0.330 e. The minimum Gasteiger partial charge on any atom is -0.380 e. The van der Waals surface area contributed by atoms with Gasteiger partial charge in [-0.2, -0.15) is 0 Å². The van der Waals surface area contributed by atoms with Gasteiger partial charge in [-0.3, -0.25) is 4.57 Å². The van der Waals surface area contributed by atoms with Gasteiger partial charge in [0, 0.05) is 34.9 Å². The monoisotopic (exact) mass is 305 g/mol. The molecule has 6 heteroatoms. The van der Waals surface area contributed by atoms with E-state index in [1.165, 1.54) is 4.88 Å². The van der Waals surface area contributed by atoms with Crippen LogP contribution in [0.15, 0.2) is 52.9 Å². The Morgan fingerprint density at radius 1 is 1.30 bits per heavy atom. The first kappa shape index (κ1) is 13.0. The van der Waals surface area contributed by atoms with Gasteiger partial charge in [-0.15, -0.1) is 11.3 Å². The summed E-state index contributed by atoms with van der Waals surface area (Å²) in [5.41, 5.74) is 1.70. The minimum absolute atomic E-state index is 0.140. The van der Waals surface area contributed by atoms with E-state index in [9.17, 15) is 4.79 Å². The lowest BCUT2D eigenvalue weighted by atomic mass is 10.2. The van der Waals surface area contributed by atoms with Gasteiger partial charge in [0.2, 0.25) is 0 Å². The van der Waals surface area contributed by atoms with Crippen molar-refractivity contribution in [2.75, 3.05) is 5.32 Å². The van der Waals surface area contributed by atoms with E-state index in [2.05, 4.69) is 10.3 Å². The molecule has 0 aliphatic heterocycles. The number of nitrogens with one attached hydrogen (secondary N) is 2. The van der Waals surface area contributed by atoms with Crippen molar-refractivity contribution in [1.29, 1.82) is 0 Å². The fourth-order valence-electron chi connectivity index (χ4n) is 1.90. The second-order valence-electron chi connectivity index (χ2n) is 4.27. The van der Waals surface area contributed by atoms with Crippen molar-refractivity contribution >= 4 is 28.6 Å². The van der Waals surface area contributed by atoms with Crippen LogP contribution in [0, 0.1) is 0 Å². The summed E-state index contributed by atoms with van der Waals surface area (Å²) in [6.45, 7) is 0.737. The quantitative estimate of drug-likeness (QED) is 0.775. The van der Waals surface area contributed by atoms with Crippen LogP contribution in [-0.4, -0.2) is 9.55 Å². The van der Waals surface area contributed by atoms with E-state index >= 15 is 0 Å². The number of imidazole rings is 1. The van der Waals surface area contributed by atoms with Crippen LogP contribution in [0.4, 0.5) is 5.69 Å². The van der Waals surface area contributed by atoms with Crippen LogP contribution in [0.3, 0.4) is 0 Å². The molecular formula is C14H12ClN3OS. The molecule has 102 valence electrons. The molecule has 20 heavy (non-hydrogen) atoms. The molecule has 2 heterocycles. The van der Waals surface area contributed by atoms with Gasteiger partial charge in [0.15, 0.2) is 0 Å². The molecule has 0 radical (unpaired) electrons. The van der Waals surface area contributed by atoms with Crippen LogP contribution in [0.1, 0.15) is 4.88 Å². The van der Waals surface area contributed by atoms with Gasteiger partial charge >= 0.3 is 5.69 Å². The number of rotatable bonds is 4. The molecule has 1 aromatic carbocycles. The summed E-state index contributed by atoms with van der Waals surface area (Å²) in [5, 5.41) is 6.01. The zero-order valence-electron chi connectivity index (χ0n) is 10.5. The Hall–Kier alpha value is -1.98. The fraction of sp³-hybridized carbons (Fsp3) is 0.0714. The zero-order valence-corrected chi connectivity index (χ0v) is 12.0. The lowest BCUT2D eigenvalue weighted by Gasteiger charge is -2.06. The summed E-state index contributed by atoms with van der Waals surface area (Å²) in [6, 6.07) is 9.65. The predicted molar refractivity (Wildman–Crippen MR) is 83.0 cm³/mol. The summed E-state index contributed by atoms with van der Waals surface area (Å²) in [6.07, 6.45) is 3.33. The van der Waals surface area contributed by atoms with E-state index < -0.39 is 0 Å². The summed E-state index contributed by atoms with van der Waals surface area (Å²) in [4.78, 5) is 15.3. The van der Waals surface area contributed by atoms with Crippen molar-refractivity contribution in [3.63, 3.8) is 0 Å². The molecule has 0 fully saturated rings. The molecule has 0 saturated heterocycles. The number of anilines is 1. The molecule has 2 aromatic heterocycles. The van der Waals surface area contributed by atoms with E-state index in [4.69, 9.17) is 11.6 Å². The summed E-state index contributed by atoms with van der Waals surface area (Å²) < 4.78 is 1.56. The molecule has 0 unspecified atom stereocenters. The number of halogens is 1. The number of nitrogens with zero attached hydrogens (tertiary/aromatic N) is 1. The van der Waals surface area contributed by atoms with Gasteiger partial charge in [0.1, 0.15) is 0 Å². The maximum absolute atomic E-state index is 11.5. The van der Waals surface area contributed by atoms with Crippen molar-refractivity contribution < 1.29 is 0 Å². The van der Waals surface area contributed by atoms with Crippen LogP contribution in [0.5, 0.6) is 0 Å². The standard InChI is InChI=1S/C14H12ClN3OS/c15-10-7-13(20-9-10)8-17-11-1-3-12(4-2-11)18-6-5-16-14(18)19/h1-7,9,17H,8H2,(H,16,19). The Morgan fingerprint density at radius 3 is 2.70 bits per heavy atom. The molecule has 3 rings (SSSR count).